The number of imidazole rings is 1. The number of carbonyl (C=O) groups excluding carboxylic acids is 1. The van der Waals surface area contributed by atoms with Crippen LogP contribution in [0.2, 0.25) is 0 Å². The van der Waals surface area contributed by atoms with Crippen LogP contribution in [0.1, 0.15) is 50.4 Å². The van der Waals surface area contributed by atoms with Gasteiger partial charge in [0.15, 0.2) is 11.5 Å². The van der Waals surface area contributed by atoms with Crippen LogP contribution in [-0.2, 0) is 27.8 Å². The average molecular weight is 768 g/mol. The fourth-order valence-electron chi connectivity index (χ4n) is 6.40. The number of amides is 1. The number of nitrogens with one attached hydrogen (secondary N) is 1. The molecule has 0 fully saturated rings. The summed E-state index contributed by atoms with van der Waals surface area (Å²) in [5.74, 6) is -1.57. The van der Waals surface area contributed by atoms with Crippen molar-refractivity contribution in [1.29, 1.82) is 0 Å². The minimum absolute atomic E-state index is 0.0453. The monoisotopic (exact) mass is 767 g/mol. The van der Waals surface area contributed by atoms with Gasteiger partial charge in [0.05, 0.1) is 46.3 Å². The number of nitro benzene ring substituents is 1. The third-order valence-corrected chi connectivity index (χ3v) is 11.0. The number of phenols is 1. The van der Waals surface area contributed by atoms with E-state index >= 15 is 0 Å². The average Bonchev–Trinajstić information content (AvgIpc) is 3.67. The lowest BCUT2D eigenvalue weighted by Gasteiger charge is -2.32. The number of sulfonamides is 1. The summed E-state index contributed by atoms with van der Waals surface area (Å²) in [5, 5.41) is 47.4. The van der Waals surface area contributed by atoms with Crippen molar-refractivity contribution in [3.63, 3.8) is 0 Å². The summed E-state index contributed by atoms with van der Waals surface area (Å²) in [7, 11) is -4.17. The Balaban J connectivity index is 1.46. The Labute approximate surface area is 312 Å². The highest BCUT2D eigenvalue weighted by Crippen LogP contribution is 2.38. The number of aromatic hydroxyl groups is 2. The molecule has 4 aromatic rings. The SMILES string of the molecule is Cc1cc(S(=O)(=O)N(CC(C)C)C[C@@H](O)[C@H](Cc2ccccc2)NC(=O)[C@H](C(C)C)n2cc(O)n(Cc3cc4c(cc3[N+](=O)[O-])OCO4)c2=O)ccc1O. The van der Waals surface area contributed by atoms with Crippen LogP contribution >= 0.6 is 0 Å². The first kappa shape index (κ1) is 39.8. The minimum Gasteiger partial charge on any atom is -0.508 e. The fourth-order valence-corrected chi connectivity index (χ4v) is 8.10. The number of benzene rings is 3. The second-order valence-corrected chi connectivity index (χ2v) is 16.0. The van der Waals surface area contributed by atoms with Gasteiger partial charge in [0, 0.05) is 13.1 Å². The maximum absolute atomic E-state index is 14.2. The van der Waals surface area contributed by atoms with Gasteiger partial charge in [0.1, 0.15) is 11.8 Å². The molecule has 0 bridgehead atoms. The molecule has 54 heavy (non-hydrogen) atoms. The second kappa shape index (κ2) is 16.3. The number of ether oxygens (including phenoxy) is 2. The van der Waals surface area contributed by atoms with Crippen LogP contribution in [0, 0.1) is 28.9 Å². The van der Waals surface area contributed by atoms with E-state index < -0.39 is 69.6 Å². The van der Waals surface area contributed by atoms with E-state index in [0.29, 0.717) is 5.56 Å². The minimum atomic E-state index is -4.17. The van der Waals surface area contributed by atoms with Gasteiger partial charge < -0.3 is 30.1 Å². The summed E-state index contributed by atoms with van der Waals surface area (Å²) in [6.45, 7) is 7.71. The number of nitrogens with zero attached hydrogens (tertiary/aromatic N) is 4. The van der Waals surface area contributed by atoms with E-state index in [-0.39, 0.29) is 59.1 Å². The van der Waals surface area contributed by atoms with Crippen molar-refractivity contribution < 1.29 is 42.9 Å². The molecular formula is C37H45N5O11S. The highest BCUT2D eigenvalue weighted by atomic mass is 32.2. The number of hydrogen-bond acceptors (Lipinski definition) is 11. The lowest BCUT2D eigenvalue weighted by atomic mass is 9.98. The van der Waals surface area contributed by atoms with Gasteiger partial charge in [-0.05, 0) is 60.6 Å². The number of rotatable bonds is 16. The molecule has 3 aromatic carbocycles. The van der Waals surface area contributed by atoms with Gasteiger partial charge in [-0.3, -0.25) is 24.0 Å². The molecule has 0 saturated heterocycles. The van der Waals surface area contributed by atoms with Crippen LogP contribution in [0.15, 0.2) is 76.6 Å². The molecule has 3 atom stereocenters. The van der Waals surface area contributed by atoms with E-state index in [2.05, 4.69) is 5.32 Å². The first-order valence-corrected chi connectivity index (χ1v) is 18.8. The molecule has 5 rings (SSSR count). The quantitative estimate of drug-likeness (QED) is 0.0953. The summed E-state index contributed by atoms with van der Waals surface area (Å²) >= 11 is 0. The van der Waals surface area contributed by atoms with Gasteiger partial charge in [-0.25, -0.2) is 13.2 Å². The molecule has 0 spiro atoms. The predicted octanol–water partition coefficient (Wildman–Crippen LogP) is 3.69. The zero-order valence-electron chi connectivity index (χ0n) is 30.6. The van der Waals surface area contributed by atoms with Crippen molar-refractivity contribution in [3.8, 4) is 23.1 Å². The van der Waals surface area contributed by atoms with Gasteiger partial charge >= 0.3 is 5.69 Å². The molecule has 1 aliphatic rings. The van der Waals surface area contributed by atoms with E-state index in [1.54, 1.807) is 51.1 Å². The van der Waals surface area contributed by atoms with Crippen molar-refractivity contribution in [2.24, 2.45) is 11.8 Å². The molecular weight excluding hydrogens is 722 g/mol. The summed E-state index contributed by atoms with van der Waals surface area (Å²) in [6.07, 6.45) is -0.263. The molecule has 2 heterocycles. The summed E-state index contributed by atoms with van der Waals surface area (Å²) in [5.41, 5.74) is -0.0320. The molecule has 0 saturated carbocycles. The number of aliphatic hydroxyl groups excluding tert-OH is 1. The van der Waals surface area contributed by atoms with Gasteiger partial charge in [0.2, 0.25) is 28.6 Å². The number of fused-ring (bicyclic) bond motifs is 1. The molecule has 0 unspecified atom stereocenters. The molecule has 17 heteroatoms. The number of aliphatic hydroxyl groups is 1. The first-order chi connectivity index (χ1) is 25.5. The van der Waals surface area contributed by atoms with Crippen LogP contribution in [0.5, 0.6) is 23.1 Å². The van der Waals surface area contributed by atoms with Crippen LogP contribution in [0.4, 0.5) is 5.69 Å². The van der Waals surface area contributed by atoms with E-state index in [4.69, 9.17) is 9.47 Å². The molecule has 0 radical (unpaired) electrons. The van der Waals surface area contributed by atoms with E-state index in [1.807, 2.05) is 13.8 Å². The van der Waals surface area contributed by atoms with Crippen LogP contribution in [0.25, 0.3) is 0 Å². The smallest absolute Gasteiger partial charge is 0.332 e. The molecule has 16 nitrogen and oxygen atoms in total. The normalized spacial score (nSPS) is 14.4. The maximum Gasteiger partial charge on any atom is 0.332 e. The lowest BCUT2D eigenvalue weighted by molar-refractivity contribution is -0.385. The second-order valence-electron chi connectivity index (χ2n) is 14.1. The molecule has 1 amide bonds. The Morgan fingerprint density at radius 1 is 1.02 bits per heavy atom. The van der Waals surface area contributed by atoms with Crippen molar-refractivity contribution >= 4 is 21.6 Å². The zero-order chi connectivity index (χ0) is 39.5. The van der Waals surface area contributed by atoms with E-state index in [9.17, 15) is 43.4 Å². The standard InChI is InChI=1S/C37H45N5O11S/c1-22(2)17-39(54(50,51)27-11-12-30(43)24(5)13-27)19-31(44)28(14-25-9-7-6-8-10-25)38-36(46)35(23(3)4)41-20-34(45)40(37(41)47)18-26-15-32-33(53-21-52-32)16-29(26)42(48)49/h6-13,15-16,20,22-23,28,31,35,43-45H,14,17-19,21H2,1-5H3,(H,38,46)/t28-,31+,35-/m0/s1. The Bertz CT molecular complexity index is 2170. The molecule has 290 valence electrons. The lowest BCUT2D eigenvalue weighted by Crippen LogP contribution is -2.53. The van der Waals surface area contributed by atoms with Crippen LogP contribution in [0.3, 0.4) is 0 Å². The topological polar surface area (TPSA) is 216 Å². The van der Waals surface area contributed by atoms with Crippen molar-refractivity contribution in [3.05, 3.63) is 104 Å². The fraction of sp³-hybridized carbons (Fsp3) is 0.405. The van der Waals surface area contributed by atoms with Crippen LogP contribution < -0.4 is 20.5 Å². The first-order valence-electron chi connectivity index (χ1n) is 17.4. The Hall–Kier alpha value is -5.39. The third-order valence-electron chi connectivity index (χ3n) is 9.14. The largest absolute Gasteiger partial charge is 0.508 e. The summed E-state index contributed by atoms with van der Waals surface area (Å²) < 4.78 is 41.5. The summed E-state index contributed by atoms with van der Waals surface area (Å²) in [4.78, 5) is 39.2. The number of aromatic nitrogens is 2. The van der Waals surface area contributed by atoms with Gasteiger partial charge in [0.25, 0.3) is 5.69 Å². The van der Waals surface area contributed by atoms with E-state index in [1.165, 1.54) is 30.3 Å². The Morgan fingerprint density at radius 2 is 1.69 bits per heavy atom. The molecule has 1 aliphatic heterocycles. The van der Waals surface area contributed by atoms with Gasteiger partial charge in [-0.2, -0.15) is 4.31 Å². The Morgan fingerprint density at radius 3 is 2.30 bits per heavy atom. The maximum atomic E-state index is 14.2. The van der Waals surface area contributed by atoms with Crippen molar-refractivity contribution in [2.75, 3.05) is 19.9 Å². The number of phenolic OH excluding ortho intramolecular Hbond substituents is 1. The third kappa shape index (κ3) is 8.69. The van der Waals surface area contributed by atoms with Crippen molar-refractivity contribution in [1.82, 2.24) is 18.8 Å². The van der Waals surface area contributed by atoms with Crippen LogP contribution in [-0.4, -0.2) is 80.0 Å². The highest BCUT2D eigenvalue weighted by Gasteiger charge is 2.35. The molecule has 4 N–H and O–H groups in total. The number of carbonyl (C=O) groups is 1. The van der Waals surface area contributed by atoms with Crippen molar-refractivity contribution in [2.45, 2.75) is 70.7 Å². The zero-order valence-corrected chi connectivity index (χ0v) is 31.4. The number of hydrogen-bond donors (Lipinski definition) is 4. The van der Waals surface area contributed by atoms with Gasteiger partial charge in [-0.1, -0.05) is 58.0 Å². The molecule has 1 aromatic heterocycles. The van der Waals surface area contributed by atoms with Gasteiger partial charge in [-0.15, -0.1) is 0 Å². The Kier molecular flexibility index (Phi) is 12.0. The molecule has 0 aliphatic carbocycles. The predicted molar refractivity (Wildman–Crippen MR) is 197 cm³/mol. The number of aryl methyl sites for hydroxylation is 1. The summed E-state index contributed by atoms with van der Waals surface area (Å²) in [6, 6.07) is 13.2. The number of nitro groups is 1. The van der Waals surface area contributed by atoms with E-state index in [0.717, 1.165) is 25.2 Å². The highest BCUT2D eigenvalue weighted by molar-refractivity contribution is 7.89.